The summed E-state index contributed by atoms with van der Waals surface area (Å²) in [5.41, 5.74) is 2.34. The molecular weight excluding hydrogens is 457 g/mol. The molecule has 1 N–H and O–H groups in total. The number of hydrogen-bond acceptors (Lipinski definition) is 4. The normalized spacial score (nSPS) is 12.3. The maximum absolute atomic E-state index is 12.9. The Bertz CT molecular complexity index is 994. The van der Waals surface area contributed by atoms with E-state index in [2.05, 4.69) is 24.1 Å². The molecule has 0 saturated carbocycles. The molecule has 0 aliphatic heterocycles. The Labute approximate surface area is 195 Å². The van der Waals surface area contributed by atoms with Crippen molar-refractivity contribution >= 4 is 50.5 Å². The van der Waals surface area contributed by atoms with Crippen molar-refractivity contribution in [3.63, 3.8) is 0 Å². The zero-order chi connectivity index (χ0) is 23.2. The summed E-state index contributed by atoms with van der Waals surface area (Å²) in [6.45, 7) is 8.10. The number of amides is 1. The lowest BCUT2D eigenvalue weighted by Crippen LogP contribution is -2.49. The molecule has 2 aromatic rings. The summed E-state index contributed by atoms with van der Waals surface area (Å²) < 4.78 is 26.2. The summed E-state index contributed by atoms with van der Waals surface area (Å²) in [6.07, 6.45) is 1.36. The third-order valence-corrected chi connectivity index (χ3v) is 6.94. The molecule has 170 valence electrons. The summed E-state index contributed by atoms with van der Waals surface area (Å²) in [7, 11) is -3.74. The van der Waals surface area contributed by atoms with E-state index in [1.54, 1.807) is 6.92 Å². The molecule has 0 spiro atoms. The average Bonchev–Trinajstić information content (AvgIpc) is 2.73. The van der Waals surface area contributed by atoms with Crippen molar-refractivity contribution in [2.24, 2.45) is 0 Å². The van der Waals surface area contributed by atoms with Crippen LogP contribution in [0.15, 0.2) is 42.5 Å². The molecule has 0 radical (unpaired) electrons. The van der Waals surface area contributed by atoms with Gasteiger partial charge in [0.15, 0.2) is 0 Å². The minimum atomic E-state index is -3.74. The molecule has 0 aromatic heterocycles. The van der Waals surface area contributed by atoms with Gasteiger partial charge in [-0.05, 0) is 56.2 Å². The van der Waals surface area contributed by atoms with Crippen LogP contribution in [0.2, 0.25) is 10.0 Å². The smallest absolute Gasteiger partial charge is 0.244 e. The van der Waals surface area contributed by atoms with Gasteiger partial charge in [-0.15, -0.1) is 0 Å². The van der Waals surface area contributed by atoms with Crippen LogP contribution in [0.4, 0.5) is 11.4 Å². The second kappa shape index (κ2) is 11.1. The molecule has 2 rings (SSSR count). The molecule has 6 nitrogen and oxygen atoms in total. The fraction of sp³-hybridized carbons (Fsp3) is 0.409. The van der Waals surface area contributed by atoms with Crippen LogP contribution in [0.1, 0.15) is 32.8 Å². The number of rotatable bonds is 10. The Balaban J connectivity index is 2.19. The first-order chi connectivity index (χ1) is 14.6. The van der Waals surface area contributed by atoms with Crippen LogP contribution in [-0.4, -0.2) is 39.7 Å². The molecule has 1 atom stereocenters. The maximum Gasteiger partial charge on any atom is 0.244 e. The summed E-state index contributed by atoms with van der Waals surface area (Å²) in [5, 5.41) is 3.39. The molecule has 9 heteroatoms. The summed E-state index contributed by atoms with van der Waals surface area (Å²) in [4.78, 5) is 15.2. The second-order valence-corrected chi connectivity index (χ2v) is 9.81. The van der Waals surface area contributed by atoms with Crippen molar-refractivity contribution in [3.8, 4) is 0 Å². The van der Waals surface area contributed by atoms with Crippen LogP contribution >= 0.6 is 23.2 Å². The topological polar surface area (TPSA) is 69.7 Å². The first kappa shape index (κ1) is 25.3. The van der Waals surface area contributed by atoms with Gasteiger partial charge in [0.1, 0.15) is 6.04 Å². The lowest BCUT2D eigenvalue weighted by molar-refractivity contribution is -0.122. The molecule has 0 heterocycles. The van der Waals surface area contributed by atoms with Crippen molar-refractivity contribution in [1.82, 2.24) is 5.32 Å². The monoisotopic (exact) mass is 485 g/mol. The predicted octanol–water partition coefficient (Wildman–Crippen LogP) is 4.70. The lowest BCUT2D eigenvalue weighted by Gasteiger charge is -2.30. The highest BCUT2D eigenvalue weighted by Crippen LogP contribution is 2.30. The van der Waals surface area contributed by atoms with Crippen molar-refractivity contribution in [3.05, 3.63) is 58.1 Å². The summed E-state index contributed by atoms with van der Waals surface area (Å²) in [6, 6.07) is 11.5. The van der Waals surface area contributed by atoms with Gasteiger partial charge >= 0.3 is 0 Å². The zero-order valence-corrected chi connectivity index (χ0v) is 20.6. The average molecular weight is 486 g/mol. The van der Waals surface area contributed by atoms with Gasteiger partial charge in [-0.3, -0.25) is 9.10 Å². The van der Waals surface area contributed by atoms with Gasteiger partial charge in [0.2, 0.25) is 15.9 Å². The molecule has 31 heavy (non-hydrogen) atoms. The predicted molar refractivity (Wildman–Crippen MR) is 130 cm³/mol. The number of halogens is 2. The van der Waals surface area contributed by atoms with Crippen LogP contribution in [0.5, 0.6) is 0 Å². The minimum absolute atomic E-state index is 0.219. The van der Waals surface area contributed by atoms with E-state index in [1.807, 2.05) is 24.3 Å². The molecule has 0 unspecified atom stereocenters. The van der Waals surface area contributed by atoms with Crippen molar-refractivity contribution in [2.45, 2.75) is 39.8 Å². The zero-order valence-electron chi connectivity index (χ0n) is 18.2. The largest absolute Gasteiger partial charge is 0.372 e. The van der Waals surface area contributed by atoms with Crippen molar-refractivity contribution < 1.29 is 13.2 Å². The van der Waals surface area contributed by atoms with E-state index in [4.69, 9.17) is 23.2 Å². The SMILES string of the molecule is CC[C@H](C(=O)NCc1ccc(N(CC)CC)cc1)N(c1ccc(Cl)c(Cl)c1)S(C)(=O)=O. The molecule has 2 aromatic carbocycles. The second-order valence-electron chi connectivity index (χ2n) is 7.14. The molecule has 0 saturated heterocycles. The molecule has 0 aliphatic rings. The molecule has 0 bridgehead atoms. The fourth-order valence-electron chi connectivity index (χ4n) is 3.40. The number of benzene rings is 2. The summed E-state index contributed by atoms with van der Waals surface area (Å²) >= 11 is 12.0. The van der Waals surface area contributed by atoms with Crippen LogP contribution in [0.3, 0.4) is 0 Å². The lowest BCUT2D eigenvalue weighted by atomic mass is 10.1. The Hall–Kier alpha value is -1.96. The van der Waals surface area contributed by atoms with Crippen LogP contribution < -0.4 is 14.5 Å². The van der Waals surface area contributed by atoms with Crippen LogP contribution in [0, 0.1) is 0 Å². The molecular formula is C22H29Cl2N3O3S. The number of sulfonamides is 1. The molecule has 0 aliphatic carbocycles. The first-order valence-electron chi connectivity index (χ1n) is 10.2. The third-order valence-electron chi connectivity index (χ3n) is 5.02. The number of hydrogen-bond donors (Lipinski definition) is 1. The summed E-state index contributed by atoms with van der Waals surface area (Å²) in [5.74, 6) is -0.383. The number of carbonyl (C=O) groups is 1. The van der Waals surface area contributed by atoms with E-state index in [0.717, 1.165) is 34.9 Å². The van der Waals surface area contributed by atoms with Crippen LogP contribution in [0.25, 0.3) is 0 Å². The van der Waals surface area contributed by atoms with Gasteiger partial charge in [-0.25, -0.2) is 8.42 Å². The minimum Gasteiger partial charge on any atom is -0.372 e. The fourth-order valence-corrected chi connectivity index (χ4v) is 4.90. The Morgan fingerprint density at radius 3 is 2.03 bits per heavy atom. The highest BCUT2D eigenvalue weighted by Gasteiger charge is 2.31. The van der Waals surface area contributed by atoms with Crippen LogP contribution in [-0.2, 0) is 21.4 Å². The van der Waals surface area contributed by atoms with Gasteiger partial charge in [0.25, 0.3) is 0 Å². The Kier molecular flexibility index (Phi) is 9.03. The number of carbonyl (C=O) groups excluding carboxylic acids is 1. The van der Waals surface area contributed by atoms with Crippen molar-refractivity contribution in [2.75, 3.05) is 28.6 Å². The Morgan fingerprint density at radius 1 is 0.968 bits per heavy atom. The number of anilines is 2. The highest BCUT2D eigenvalue weighted by molar-refractivity contribution is 7.92. The van der Waals surface area contributed by atoms with E-state index in [0.29, 0.717) is 23.7 Å². The number of nitrogens with one attached hydrogen (secondary N) is 1. The van der Waals surface area contributed by atoms with Crippen molar-refractivity contribution in [1.29, 1.82) is 0 Å². The maximum atomic E-state index is 12.9. The highest BCUT2D eigenvalue weighted by atomic mass is 35.5. The van der Waals surface area contributed by atoms with E-state index in [9.17, 15) is 13.2 Å². The van der Waals surface area contributed by atoms with Gasteiger partial charge < -0.3 is 10.2 Å². The molecule has 1 amide bonds. The van der Waals surface area contributed by atoms with Gasteiger partial charge in [-0.2, -0.15) is 0 Å². The van der Waals surface area contributed by atoms with Gasteiger partial charge in [0.05, 0.1) is 22.0 Å². The van der Waals surface area contributed by atoms with Gasteiger partial charge in [-0.1, -0.05) is 42.3 Å². The Morgan fingerprint density at radius 2 is 1.55 bits per heavy atom. The molecule has 0 fully saturated rings. The van der Waals surface area contributed by atoms with E-state index in [-0.39, 0.29) is 10.9 Å². The standard InChI is InChI=1S/C22H29Cl2N3O3S/c1-5-21(27(31(4,29)30)18-12-13-19(23)20(24)14-18)22(28)25-15-16-8-10-17(11-9-16)26(6-2)7-3/h8-14,21H,5-7,15H2,1-4H3,(H,25,28)/t21-/m1/s1. The quantitative estimate of drug-likeness (QED) is 0.529. The first-order valence-corrected chi connectivity index (χ1v) is 12.8. The number of nitrogens with zero attached hydrogens (tertiary/aromatic N) is 2. The third kappa shape index (κ3) is 6.51. The van der Waals surface area contributed by atoms with E-state index in [1.165, 1.54) is 18.2 Å². The van der Waals surface area contributed by atoms with E-state index < -0.39 is 16.1 Å². The van der Waals surface area contributed by atoms with E-state index >= 15 is 0 Å². The van der Waals surface area contributed by atoms with Gasteiger partial charge in [0, 0.05) is 25.3 Å².